The van der Waals surface area contributed by atoms with Crippen LogP contribution in [0.2, 0.25) is 0 Å². The average Bonchev–Trinajstić information content (AvgIpc) is 2.50. The van der Waals surface area contributed by atoms with Crippen molar-refractivity contribution in [3.8, 4) is 0 Å². The molecule has 126 valence electrons. The van der Waals surface area contributed by atoms with Gasteiger partial charge in [-0.1, -0.05) is 0 Å². The number of nitrogens with one attached hydrogen (secondary N) is 2. The zero-order valence-electron chi connectivity index (χ0n) is 13.4. The summed E-state index contributed by atoms with van der Waals surface area (Å²) in [6, 6.07) is 0. The van der Waals surface area contributed by atoms with Crippen molar-refractivity contribution in [1.82, 2.24) is 10.6 Å². The number of nitrogens with zero attached hydrogens (tertiary/aromatic N) is 1. The molecule has 0 bridgehead atoms. The van der Waals surface area contributed by atoms with E-state index in [1.54, 1.807) is 0 Å². The highest BCUT2D eigenvalue weighted by molar-refractivity contribution is 14.0. The van der Waals surface area contributed by atoms with Crippen LogP contribution >= 0.6 is 35.7 Å². The lowest BCUT2D eigenvalue weighted by Crippen LogP contribution is -2.41. The van der Waals surface area contributed by atoms with Gasteiger partial charge in [0.25, 0.3) is 0 Å². The molecule has 0 aromatic rings. The minimum Gasteiger partial charge on any atom is -0.381 e. The van der Waals surface area contributed by atoms with E-state index >= 15 is 0 Å². The Morgan fingerprint density at radius 2 is 2.00 bits per heavy atom. The second-order valence-electron chi connectivity index (χ2n) is 4.82. The van der Waals surface area contributed by atoms with Gasteiger partial charge < -0.3 is 20.1 Å². The van der Waals surface area contributed by atoms with Gasteiger partial charge in [0.1, 0.15) is 0 Å². The Morgan fingerprint density at radius 3 is 2.57 bits per heavy atom. The standard InChI is InChI=1S/C14H29N3O2S.HI/c1-4-15-13(16-8-11-18-5-2)17-12-14(20-3)6-9-19-10-7-14;/h4-12H2,1-3H3,(H2,15,16,17);1H. The molecule has 0 atom stereocenters. The molecule has 5 nitrogen and oxygen atoms in total. The molecule has 1 aliphatic heterocycles. The largest absolute Gasteiger partial charge is 0.381 e. The van der Waals surface area contributed by atoms with E-state index in [2.05, 4.69) is 23.8 Å². The van der Waals surface area contributed by atoms with Crippen LogP contribution in [-0.4, -0.2) is 63.0 Å². The number of aliphatic imine (C=N–C) groups is 1. The van der Waals surface area contributed by atoms with Crippen molar-refractivity contribution in [2.24, 2.45) is 4.99 Å². The summed E-state index contributed by atoms with van der Waals surface area (Å²) in [5.41, 5.74) is 0. The van der Waals surface area contributed by atoms with Crippen LogP contribution in [0, 0.1) is 0 Å². The molecule has 0 unspecified atom stereocenters. The lowest BCUT2D eigenvalue weighted by atomic mass is 9.99. The molecule has 0 spiro atoms. The van der Waals surface area contributed by atoms with Gasteiger partial charge in [0.05, 0.1) is 13.2 Å². The minimum atomic E-state index is 0. The molecule has 0 aromatic heterocycles. The molecule has 1 saturated heterocycles. The Kier molecular flexibility index (Phi) is 12.9. The van der Waals surface area contributed by atoms with Gasteiger partial charge in [0.2, 0.25) is 0 Å². The van der Waals surface area contributed by atoms with Gasteiger partial charge in [-0.15, -0.1) is 24.0 Å². The van der Waals surface area contributed by atoms with E-state index < -0.39 is 0 Å². The molecule has 1 fully saturated rings. The first-order chi connectivity index (χ1) is 9.76. The van der Waals surface area contributed by atoms with Crippen LogP contribution in [0.25, 0.3) is 0 Å². The number of hydrogen-bond donors (Lipinski definition) is 2. The van der Waals surface area contributed by atoms with Crippen LogP contribution < -0.4 is 10.6 Å². The fraction of sp³-hybridized carbons (Fsp3) is 0.929. The zero-order chi connectivity index (χ0) is 14.7. The van der Waals surface area contributed by atoms with Crippen molar-refractivity contribution in [3.63, 3.8) is 0 Å². The number of hydrogen-bond acceptors (Lipinski definition) is 4. The molecule has 7 heteroatoms. The molecule has 0 saturated carbocycles. The number of thioether (sulfide) groups is 1. The number of halogens is 1. The monoisotopic (exact) mass is 431 g/mol. The number of guanidine groups is 1. The van der Waals surface area contributed by atoms with E-state index in [4.69, 9.17) is 14.5 Å². The Hall–Kier alpha value is 0.270. The van der Waals surface area contributed by atoms with Crippen molar-refractivity contribution in [2.75, 3.05) is 52.3 Å². The summed E-state index contributed by atoms with van der Waals surface area (Å²) < 4.78 is 11.0. The van der Waals surface area contributed by atoms with Gasteiger partial charge in [-0.2, -0.15) is 11.8 Å². The summed E-state index contributed by atoms with van der Waals surface area (Å²) in [7, 11) is 0. The van der Waals surface area contributed by atoms with Crippen LogP contribution in [0.15, 0.2) is 4.99 Å². The van der Waals surface area contributed by atoms with Gasteiger partial charge in [0, 0.05) is 37.7 Å². The summed E-state index contributed by atoms with van der Waals surface area (Å²) >= 11 is 1.92. The first-order valence-corrected chi connectivity index (χ1v) is 8.71. The molecular formula is C14H30IN3O2S. The normalized spacial score (nSPS) is 18.0. The topological polar surface area (TPSA) is 54.9 Å². The third kappa shape index (κ3) is 8.47. The predicted molar refractivity (Wildman–Crippen MR) is 102 cm³/mol. The molecule has 1 aliphatic rings. The molecular weight excluding hydrogens is 401 g/mol. The van der Waals surface area contributed by atoms with Gasteiger partial charge in [-0.3, -0.25) is 4.99 Å². The van der Waals surface area contributed by atoms with E-state index in [1.807, 2.05) is 18.7 Å². The molecule has 21 heavy (non-hydrogen) atoms. The summed E-state index contributed by atoms with van der Waals surface area (Å²) in [5, 5.41) is 6.59. The van der Waals surface area contributed by atoms with Crippen LogP contribution in [0.4, 0.5) is 0 Å². The SMILES string of the molecule is CCNC(=NCC1(SC)CCOCC1)NCCOCC.I. The summed E-state index contributed by atoms with van der Waals surface area (Å²) in [4.78, 5) is 4.74. The third-order valence-corrected chi connectivity index (χ3v) is 4.85. The van der Waals surface area contributed by atoms with Gasteiger partial charge in [0.15, 0.2) is 5.96 Å². The average molecular weight is 431 g/mol. The lowest BCUT2D eigenvalue weighted by Gasteiger charge is -2.34. The summed E-state index contributed by atoms with van der Waals surface area (Å²) in [6.45, 7) is 9.75. The third-order valence-electron chi connectivity index (χ3n) is 3.45. The van der Waals surface area contributed by atoms with Crippen molar-refractivity contribution >= 4 is 41.7 Å². The predicted octanol–water partition coefficient (Wildman–Crippen LogP) is 2.11. The highest BCUT2D eigenvalue weighted by atomic mass is 127. The fourth-order valence-electron chi connectivity index (χ4n) is 2.12. The fourth-order valence-corrected chi connectivity index (χ4v) is 2.89. The van der Waals surface area contributed by atoms with Crippen LogP contribution in [-0.2, 0) is 9.47 Å². The van der Waals surface area contributed by atoms with Crippen LogP contribution in [0.3, 0.4) is 0 Å². The van der Waals surface area contributed by atoms with E-state index in [9.17, 15) is 0 Å². The summed E-state index contributed by atoms with van der Waals surface area (Å²) in [6.07, 6.45) is 4.34. The van der Waals surface area contributed by atoms with Gasteiger partial charge in [-0.25, -0.2) is 0 Å². The highest BCUT2D eigenvalue weighted by Gasteiger charge is 2.31. The van der Waals surface area contributed by atoms with Gasteiger partial charge >= 0.3 is 0 Å². The first-order valence-electron chi connectivity index (χ1n) is 7.49. The Balaban J connectivity index is 0.00000400. The maximum atomic E-state index is 5.46. The Labute approximate surface area is 150 Å². The smallest absolute Gasteiger partial charge is 0.191 e. The second kappa shape index (κ2) is 12.8. The van der Waals surface area contributed by atoms with Crippen molar-refractivity contribution in [3.05, 3.63) is 0 Å². The maximum absolute atomic E-state index is 5.46. The molecule has 0 aromatic carbocycles. The van der Waals surface area contributed by atoms with Gasteiger partial charge in [-0.05, 0) is 32.9 Å². The molecule has 0 aliphatic carbocycles. The number of ether oxygens (including phenoxy) is 2. The van der Waals surface area contributed by atoms with E-state index in [1.165, 1.54) is 0 Å². The van der Waals surface area contributed by atoms with Crippen molar-refractivity contribution in [2.45, 2.75) is 31.4 Å². The molecule has 1 rings (SSSR count). The quantitative estimate of drug-likeness (QED) is 0.267. The maximum Gasteiger partial charge on any atom is 0.191 e. The van der Waals surface area contributed by atoms with Crippen LogP contribution in [0.1, 0.15) is 26.7 Å². The van der Waals surface area contributed by atoms with E-state index in [0.29, 0.717) is 6.61 Å². The van der Waals surface area contributed by atoms with Crippen molar-refractivity contribution < 1.29 is 9.47 Å². The second-order valence-corrected chi connectivity index (χ2v) is 6.09. The molecule has 0 amide bonds. The van der Waals surface area contributed by atoms with E-state index in [0.717, 1.165) is 58.3 Å². The first kappa shape index (κ1) is 21.3. The molecule has 0 radical (unpaired) electrons. The van der Waals surface area contributed by atoms with E-state index in [-0.39, 0.29) is 28.7 Å². The lowest BCUT2D eigenvalue weighted by molar-refractivity contribution is 0.0794. The Morgan fingerprint density at radius 1 is 1.29 bits per heavy atom. The van der Waals surface area contributed by atoms with Crippen LogP contribution in [0.5, 0.6) is 0 Å². The highest BCUT2D eigenvalue weighted by Crippen LogP contribution is 2.33. The molecule has 1 heterocycles. The Bertz CT molecular complexity index is 287. The summed E-state index contributed by atoms with van der Waals surface area (Å²) in [5.74, 6) is 0.882. The zero-order valence-corrected chi connectivity index (χ0v) is 16.6. The molecule has 2 N–H and O–H groups in total. The minimum absolute atomic E-state index is 0. The van der Waals surface area contributed by atoms with Crippen molar-refractivity contribution in [1.29, 1.82) is 0 Å². The number of rotatable bonds is 8.